The Kier molecular flexibility index (Phi) is 11.2. The number of unbranched alkanes of at least 4 members (excludes halogenated alkanes) is 3. The minimum Gasteiger partial charge on any atom is -0.479 e. The first-order valence-electron chi connectivity index (χ1n) is 16.8. The van der Waals surface area contributed by atoms with E-state index in [1.54, 1.807) is 39.1 Å². The maximum Gasteiger partial charge on any atom is 0.408 e. The molecule has 13 nitrogen and oxygen atoms in total. The first-order valence-corrected chi connectivity index (χ1v) is 17.7. The lowest BCUT2D eigenvalue weighted by molar-refractivity contribution is -0.145. The molecule has 4 heterocycles. The van der Waals surface area contributed by atoms with E-state index >= 15 is 0 Å². The number of carbonyl (C=O) groups excluding carboxylic acids is 3. The van der Waals surface area contributed by atoms with Crippen molar-refractivity contribution in [2.24, 2.45) is 5.92 Å². The number of likely N-dealkylation sites (tertiary alicyclic amines) is 1. The van der Waals surface area contributed by atoms with E-state index in [9.17, 15) is 24.3 Å². The molecule has 3 amide bonds. The quantitative estimate of drug-likeness (QED) is 0.140. The minimum absolute atomic E-state index is 0.0145. The van der Waals surface area contributed by atoms with Gasteiger partial charge in [0, 0.05) is 18.5 Å². The minimum atomic E-state index is -1.50. The largest absolute Gasteiger partial charge is 0.479 e. The number of nitrogens with one attached hydrogen (secondary N) is 2. The highest BCUT2D eigenvalue weighted by atomic mass is 32.1. The van der Waals surface area contributed by atoms with Crippen molar-refractivity contribution in [2.75, 3.05) is 6.54 Å². The Morgan fingerprint density at radius 1 is 1.16 bits per heavy atom. The van der Waals surface area contributed by atoms with Crippen molar-refractivity contribution in [1.82, 2.24) is 30.5 Å². The lowest BCUT2D eigenvalue weighted by Gasteiger charge is -2.30. The molecule has 50 heavy (non-hydrogen) atoms. The summed E-state index contributed by atoms with van der Waals surface area (Å²) in [5.74, 6) is -2.11. The molecule has 1 aliphatic heterocycles. The third kappa shape index (κ3) is 8.47. The number of allylic oxidation sites excluding steroid dienone is 1. The molecule has 0 aromatic carbocycles. The van der Waals surface area contributed by atoms with E-state index in [0.29, 0.717) is 34.6 Å². The second kappa shape index (κ2) is 15.4. The second-order valence-electron chi connectivity index (χ2n) is 13.6. The van der Waals surface area contributed by atoms with Crippen LogP contribution in [0.25, 0.3) is 21.7 Å². The van der Waals surface area contributed by atoms with E-state index in [4.69, 9.17) is 9.47 Å². The molecule has 0 unspecified atom stereocenters. The van der Waals surface area contributed by atoms with Crippen LogP contribution < -0.4 is 15.4 Å². The smallest absolute Gasteiger partial charge is 0.408 e. The Balaban J connectivity index is 1.44. The van der Waals surface area contributed by atoms with E-state index in [-0.39, 0.29) is 25.3 Å². The normalized spacial score (nSPS) is 22.0. The summed E-state index contributed by atoms with van der Waals surface area (Å²) in [7, 11) is 0. The average Bonchev–Trinajstić information content (AvgIpc) is 3.36. The third-order valence-corrected chi connectivity index (χ3v) is 9.53. The molecular formula is C36H44N6O7S. The molecule has 5 rings (SSSR count). The average molecular weight is 705 g/mol. The molecule has 0 radical (unpaired) electrons. The highest BCUT2D eigenvalue weighted by molar-refractivity contribution is 7.16. The molecule has 5 atom stereocenters. The first kappa shape index (κ1) is 36.4. The van der Waals surface area contributed by atoms with E-state index in [0.717, 1.165) is 19.3 Å². The molecule has 2 fully saturated rings. The van der Waals surface area contributed by atoms with Gasteiger partial charge in [-0.1, -0.05) is 31.1 Å². The van der Waals surface area contributed by atoms with E-state index < -0.39 is 59.1 Å². The number of carboxylic acid groups (broad SMARTS) is 1. The van der Waals surface area contributed by atoms with Gasteiger partial charge in [0.05, 0.1) is 11.9 Å². The van der Waals surface area contributed by atoms with Crippen molar-refractivity contribution in [3.05, 3.63) is 61.2 Å². The Morgan fingerprint density at radius 2 is 1.96 bits per heavy atom. The Morgan fingerprint density at radius 3 is 2.62 bits per heavy atom. The van der Waals surface area contributed by atoms with Crippen LogP contribution in [-0.2, 0) is 19.1 Å². The van der Waals surface area contributed by atoms with Gasteiger partial charge in [-0.2, -0.15) is 4.98 Å². The number of aromatic nitrogens is 3. The highest BCUT2D eigenvalue weighted by Gasteiger charge is 2.61. The van der Waals surface area contributed by atoms with Crippen LogP contribution in [0.2, 0.25) is 0 Å². The van der Waals surface area contributed by atoms with Gasteiger partial charge >= 0.3 is 12.1 Å². The maximum atomic E-state index is 14.4. The van der Waals surface area contributed by atoms with Crippen molar-refractivity contribution in [2.45, 2.75) is 95.0 Å². The van der Waals surface area contributed by atoms with Crippen LogP contribution in [0.4, 0.5) is 4.79 Å². The Hall–Kier alpha value is -4.85. The summed E-state index contributed by atoms with van der Waals surface area (Å²) in [6.07, 6.45) is 7.20. The molecule has 0 spiro atoms. The van der Waals surface area contributed by atoms with Crippen molar-refractivity contribution in [1.29, 1.82) is 0 Å². The fraction of sp³-hybridized carbons (Fsp3) is 0.472. The summed E-state index contributed by atoms with van der Waals surface area (Å²) in [5, 5.41) is 18.0. The number of hydrogen-bond acceptors (Lipinski definition) is 10. The standard InChI is InChI=1S/C36H44N6O7S/c1-6-8-9-10-11-15-26(38-34(47)49-35(3,4)5)32(44)42-21-23(19-27(42)29(43)41-36(33(45)46)20-22(36)7-2)48-30-24-16-18-50-31(24)40-28(39-30)25-14-12-13-17-37-25/h6-7,12-14,16-18,22-23,26-27H,1-2,8-11,15,19-21H2,3-5H3,(H,38,47)(H,41,43)(H,45,46)/t22-,23-,26+,27+,36-/m1/s1. The van der Waals surface area contributed by atoms with Crippen molar-refractivity contribution in [3.8, 4) is 17.4 Å². The van der Waals surface area contributed by atoms with Gasteiger partial charge in [-0.05, 0) is 70.0 Å². The zero-order valence-electron chi connectivity index (χ0n) is 28.6. The van der Waals surface area contributed by atoms with Gasteiger partial charge in [0.2, 0.25) is 17.7 Å². The maximum absolute atomic E-state index is 14.4. The number of alkyl carbamates (subject to hydrolysis) is 1. The van der Waals surface area contributed by atoms with Crippen molar-refractivity contribution < 1.29 is 33.8 Å². The van der Waals surface area contributed by atoms with Crippen molar-refractivity contribution in [3.63, 3.8) is 0 Å². The Labute approximate surface area is 295 Å². The third-order valence-electron chi connectivity index (χ3n) is 8.73. The van der Waals surface area contributed by atoms with Gasteiger partial charge in [0.25, 0.3) is 0 Å². The fourth-order valence-electron chi connectivity index (χ4n) is 6.10. The van der Waals surface area contributed by atoms with Crippen LogP contribution >= 0.6 is 11.3 Å². The topological polar surface area (TPSA) is 173 Å². The summed E-state index contributed by atoms with van der Waals surface area (Å²) in [5.41, 5.74) is -1.75. The SMILES string of the molecule is C=CCCCCC[C@H](NC(=O)OC(C)(C)C)C(=O)N1C[C@H](Oc2nc(-c3ccccn3)nc3sccc23)C[C@H]1C(=O)N[C@]1(C(=O)O)C[C@H]1C=C. The molecule has 1 aliphatic carbocycles. The van der Waals surface area contributed by atoms with Crippen molar-refractivity contribution >= 4 is 45.4 Å². The van der Waals surface area contributed by atoms with Gasteiger partial charge < -0.3 is 30.1 Å². The van der Waals surface area contributed by atoms with Crippen LogP contribution in [0, 0.1) is 5.92 Å². The van der Waals surface area contributed by atoms with Crippen LogP contribution in [0.5, 0.6) is 5.88 Å². The number of carboxylic acids is 1. The number of nitrogens with zero attached hydrogens (tertiary/aromatic N) is 4. The van der Waals surface area contributed by atoms with Crippen LogP contribution in [-0.4, -0.2) is 84.7 Å². The molecule has 0 bridgehead atoms. The molecule has 14 heteroatoms. The predicted octanol–water partition coefficient (Wildman–Crippen LogP) is 5.28. The highest BCUT2D eigenvalue weighted by Crippen LogP contribution is 2.45. The number of fused-ring (bicyclic) bond motifs is 1. The summed E-state index contributed by atoms with van der Waals surface area (Å²) < 4.78 is 11.9. The summed E-state index contributed by atoms with van der Waals surface area (Å²) >= 11 is 1.41. The fourth-order valence-corrected chi connectivity index (χ4v) is 6.85. The zero-order valence-corrected chi connectivity index (χ0v) is 29.4. The molecule has 1 saturated carbocycles. The monoisotopic (exact) mass is 704 g/mol. The van der Waals surface area contributed by atoms with E-state index in [1.807, 2.05) is 23.6 Å². The van der Waals surface area contributed by atoms with Crippen LogP contribution in [0.3, 0.4) is 0 Å². The molecule has 3 N–H and O–H groups in total. The number of aliphatic carboxylic acids is 1. The van der Waals surface area contributed by atoms with E-state index in [1.165, 1.54) is 22.3 Å². The molecule has 266 valence electrons. The first-order chi connectivity index (χ1) is 23.8. The number of hydrogen-bond donors (Lipinski definition) is 3. The Bertz CT molecular complexity index is 1740. The number of rotatable bonds is 15. The van der Waals surface area contributed by atoms with Gasteiger partial charge in [0.15, 0.2) is 5.82 Å². The van der Waals surface area contributed by atoms with E-state index in [2.05, 4.69) is 38.7 Å². The number of amides is 3. The zero-order chi connectivity index (χ0) is 36.1. The summed E-state index contributed by atoms with van der Waals surface area (Å²) in [6.45, 7) is 12.6. The summed E-state index contributed by atoms with van der Waals surface area (Å²) in [4.78, 5) is 69.2. The van der Waals surface area contributed by atoms with Gasteiger partial charge in [0.1, 0.15) is 39.9 Å². The molecular weight excluding hydrogens is 660 g/mol. The number of carbonyl (C=O) groups is 4. The molecule has 3 aromatic rings. The second-order valence-corrected chi connectivity index (χ2v) is 14.5. The van der Waals surface area contributed by atoms with Crippen LogP contribution in [0.1, 0.15) is 65.7 Å². The predicted molar refractivity (Wildman–Crippen MR) is 188 cm³/mol. The number of pyridine rings is 1. The summed E-state index contributed by atoms with van der Waals surface area (Å²) in [6, 6.07) is 5.16. The molecule has 2 aliphatic rings. The molecule has 3 aromatic heterocycles. The lowest BCUT2D eigenvalue weighted by Crippen LogP contribution is -2.56. The number of ether oxygens (including phenoxy) is 2. The lowest BCUT2D eigenvalue weighted by atomic mass is 10.0. The number of thiophene rings is 1. The van der Waals surface area contributed by atoms with Gasteiger partial charge in [-0.25, -0.2) is 14.6 Å². The van der Waals surface area contributed by atoms with Gasteiger partial charge in [-0.15, -0.1) is 24.5 Å². The van der Waals surface area contributed by atoms with Crippen LogP contribution in [0.15, 0.2) is 61.2 Å². The van der Waals surface area contributed by atoms with Gasteiger partial charge in [-0.3, -0.25) is 14.6 Å². The molecule has 1 saturated heterocycles.